The van der Waals surface area contributed by atoms with Crippen LogP contribution in [0.5, 0.6) is 0 Å². The van der Waals surface area contributed by atoms with Crippen molar-refractivity contribution in [3.8, 4) is 0 Å². The molecule has 0 saturated carbocycles. The van der Waals surface area contributed by atoms with Crippen molar-refractivity contribution in [1.82, 2.24) is 9.13 Å². The molecule has 0 N–H and O–H groups in total. The van der Waals surface area contributed by atoms with Gasteiger partial charge in [0.25, 0.3) is 0 Å². The molecule has 2 atom stereocenters. The second-order valence-corrected chi connectivity index (χ2v) is 9.21. The third kappa shape index (κ3) is 2.72. The maximum absolute atomic E-state index is 2.47. The van der Waals surface area contributed by atoms with E-state index in [4.69, 9.17) is 0 Å². The first-order chi connectivity index (χ1) is 13.5. The molecule has 0 amide bonds. The number of fused-ring (bicyclic) bond motifs is 3. The van der Waals surface area contributed by atoms with Gasteiger partial charge in [0.1, 0.15) is 0 Å². The fourth-order valence-electron chi connectivity index (χ4n) is 4.70. The number of allylic oxidation sites excluding steroid dienone is 8. The van der Waals surface area contributed by atoms with Gasteiger partial charge in [-0.15, -0.1) is 11.8 Å². The van der Waals surface area contributed by atoms with Crippen LogP contribution in [0.4, 0.5) is 0 Å². The highest BCUT2D eigenvalue weighted by Crippen LogP contribution is 2.51. The van der Waals surface area contributed by atoms with Crippen molar-refractivity contribution in [2.75, 3.05) is 0 Å². The first-order valence-corrected chi connectivity index (χ1v) is 10.9. The second-order valence-electron chi connectivity index (χ2n) is 7.99. The lowest BCUT2D eigenvalue weighted by Crippen LogP contribution is -2.15. The molecule has 0 aromatic carbocycles. The minimum absolute atomic E-state index is 0.426. The summed E-state index contributed by atoms with van der Waals surface area (Å²) in [6.45, 7) is 8.76. The number of hydrogen-bond donors (Lipinski definition) is 0. The van der Waals surface area contributed by atoms with Gasteiger partial charge in [0, 0.05) is 50.2 Å². The van der Waals surface area contributed by atoms with Crippen LogP contribution in [0.3, 0.4) is 0 Å². The minimum Gasteiger partial charge on any atom is -0.319 e. The first-order valence-electron chi connectivity index (χ1n) is 10.0. The molecule has 5 rings (SSSR count). The van der Waals surface area contributed by atoms with Gasteiger partial charge in [0.2, 0.25) is 0 Å². The van der Waals surface area contributed by atoms with E-state index in [1.54, 1.807) is 0 Å². The standard InChI is InChI=1S/C25H26N2S/c1-16-8-9-17(2)26(16)20-6-5-7-24-22(14-20)23-15-21(12-13-25(23)28-24)27-18(3)10-11-19(27)4/h6-15,23,25H,5H2,1-4H3/t23?,25-/m1/s1. The molecule has 2 aromatic rings. The van der Waals surface area contributed by atoms with Gasteiger partial charge in [-0.05, 0) is 76.1 Å². The van der Waals surface area contributed by atoms with Crippen LogP contribution in [0, 0.1) is 33.6 Å². The van der Waals surface area contributed by atoms with Crippen LogP contribution < -0.4 is 0 Å². The number of aryl methyl sites for hydroxylation is 4. The van der Waals surface area contributed by atoms with Gasteiger partial charge in [-0.2, -0.15) is 0 Å². The molecule has 3 aliphatic rings. The molecule has 1 saturated heterocycles. The molecule has 2 aromatic heterocycles. The molecular formula is C25H26N2S. The van der Waals surface area contributed by atoms with Gasteiger partial charge in [-0.1, -0.05) is 24.3 Å². The molecule has 28 heavy (non-hydrogen) atoms. The number of thioether (sulfide) groups is 1. The summed E-state index contributed by atoms with van der Waals surface area (Å²) in [7, 11) is 0. The Bertz CT molecular complexity index is 1070. The molecule has 3 heterocycles. The van der Waals surface area contributed by atoms with Crippen molar-refractivity contribution in [2.45, 2.75) is 39.4 Å². The summed E-state index contributed by atoms with van der Waals surface area (Å²) in [6.07, 6.45) is 15.4. The molecule has 0 spiro atoms. The molecule has 1 unspecified atom stereocenters. The van der Waals surface area contributed by atoms with E-state index in [0.29, 0.717) is 11.2 Å². The van der Waals surface area contributed by atoms with Crippen molar-refractivity contribution < 1.29 is 0 Å². The van der Waals surface area contributed by atoms with Crippen LogP contribution >= 0.6 is 11.8 Å². The molecule has 1 aliphatic heterocycles. The number of hydrogen-bond acceptors (Lipinski definition) is 1. The third-order valence-corrected chi connectivity index (χ3v) is 7.44. The van der Waals surface area contributed by atoms with Crippen molar-refractivity contribution in [3.63, 3.8) is 0 Å². The van der Waals surface area contributed by atoms with E-state index >= 15 is 0 Å². The second kappa shape index (κ2) is 6.59. The third-order valence-electron chi connectivity index (χ3n) is 6.06. The van der Waals surface area contributed by atoms with Crippen LogP contribution in [0.2, 0.25) is 0 Å². The van der Waals surface area contributed by atoms with Gasteiger partial charge >= 0.3 is 0 Å². The van der Waals surface area contributed by atoms with Crippen molar-refractivity contribution in [3.05, 3.63) is 94.0 Å². The molecule has 0 radical (unpaired) electrons. The molecule has 142 valence electrons. The van der Waals surface area contributed by atoms with Crippen LogP contribution in [0.15, 0.2) is 71.2 Å². The Morgan fingerprint density at radius 2 is 1.43 bits per heavy atom. The van der Waals surface area contributed by atoms with Crippen molar-refractivity contribution >= 4 is 23.2 Å². The zero-order valence-electron chi connectivity index (χ0n) is 16.9. The van der Waals surface area contributed by atoms with E-state index in [2.05, 4.69) is 97.6 Å². The van der Waals surface area contributed by atoms with E-state index in [1.807, 2.05) is 11.8 Å². The Hall–Kier alpha value is -2.39. The first kappa shape index (κ1) is 17.7. The number of rotatable bonds is 2. The lowest BCUT2D eigenvalue weighted by Gasteiger charge is -2.22. The zero-order chi connectivity index (χ0) is 19.4. The number of aromatic nitrogens is 2. The lowest BCUT2D eigenvalue weighted by molar-refractivity contribution is 0.811. The molecule has 3 heteroatoms. The van der Waals surface area contributed by atoms with Gasteiger partial charge < -0.3 is 9.13 Å². The Labute approximate surface area is 171 Å². The van der Waals surface area contributed by atoms with E-state index in [9.17, 15) is 0 Å². The predicted molar refractivity (Wildman–Crippen MR) is 121 cm³/mol. The van der Waals surface area contributed by atoms with Gasteiger partial charge in [0.15, 0.2) is 0 Å². The van der Waals surface area contributed by atoms with Gasteiger partial charge in [-0.3, -0.25) is 0 Å². The summed E-state index contributed by atoms with van der Waals surface area (Å²) in [5.74, 6) is 0.426. The summed E-state index contributed by atoms with van der Waals surface area (Å²) in [5, 5.41) is 0.503. The molecule has 2 nitrogen and oxygen atoms in total. The zero-order valence-corrected chi connectivity index (χ0v) is 17.8. The predicted octanol–water partition coefficient (Wildman–Crippen LogP) is 6.42. The van der Waals surface area contributed by atoms with Crippen LogP contribution in [0.25, 0.3) is 11.4 Å². The monoisotopic (exact) mass is 386 g/mol. The smallest absolute Gasteiger partial charge is 0.0421 e. The lowest BCUT2D eigenvalue weighted by atomic mass is 9.90. The van der Waals surface area contributed by atoms with E-state index in [1.165, 1.54) is 44.6 Å². The van der Waals surface area contributed by atoms with E-state index in [-0.39, 0.29) is 0 Å². The minimum atomic E-state index is 0.426. The average molecular weight is 387 g/mol. The molecule has 2 aliphatic carbocycles. The quantitative estimate of drug-likeness (QED) is 0.579. The highest BCUT2D eigenvalue weighted by Gasteiger charge is 2.36. The summed E-state index contributed by atoms with van der Waals surface area (Å²) >= 11 is 2.02. The Balaban J connectivity index is 1.59. The molecule has 0 bridgehead atoms. The van der Waals surface area contributed by atoms with Crippen molar-refractivity contribution in [1.29, 1.82) is 0 Å². The fraction of sp³-hybridized carbons (Fsp3) is 0.280. The summed E-state index contributed by atoms with van der Waals surface area (Å²) in [4.78, 5) is 1.45. The molecule has 1 fully saturated rings. The van der Waals surface area contributed by atoms with Gasteiger partial charge in [0.05, 0.1) is 0 Å². The summed E-state index contributed by atoms with van der Waals surface area (Å²) in [5.41, 5.74) is 9.25. The van der Waals surface area contributed by atoms with Crippen molar-refractivity contribution in [2.24, 2.45) is 5.92 Å². The molecular weight excluding hydrogens is 360 g/mol. The maximum Gasteiger partial charge on any atom is 0.0421 e. The van der Waals surface area contributed by atoms with Crippen LogP contribution in [-0.2, 0) is 0 Å². The largest absolute Gasteiger partial charge is 0.319 e. The maximum atomic E-state index is 2.47. The SMILES string of the molecule is Cc1ccc(C)n1C1=CCC=C2S[C@@H]3C=CC(n4c(C)ccc4C)=CC3C2=C1. The van der Waals surface area contributed by atoms with Crippen LogP contribution in [-0.4, -0.2) is 14.4 Å². The highest BCUT2D eigenvalue weighted by molar-refractivity contribution is 8.04. The fourth-order valence-corrected chi connectivity index (χ4v) is 6.05. The normalized spacial score (nSPS) is 23.4. The summed E-state index contributed by atoms with van der Waals surface area (Å²) in [6, 6.07) is 8.82. The Kier molecular flexibility index (Phi) is 4.17. The topological polar surface area (TPSA) is 9.86 Å². The summed E-state index contributed by atoms with van der Waals surface area (Å²) < 4.78 is 4.75. The van der Waals surface area contributed by atoms with Gasteiger partial charge in [-0.25, -0.2) is 0 Å². The highest BCUT2D eigenvalue weighted by atomic mass is 32.2. The van der Waals surface area contributed by atoms with E-state index < -0.39 is 0 Å². The van der Waals surface area contributed by atoms with Crippen LogP contribution in [0.1, 0.15) is 29.2 Å². The average Bonchev–Trinajstić information content (AvgIpc) is 3.25. The Morgan fingerprint density at radius 1 is 0.821 bits per heavy atom. The van der Waals surface area contributed by atoms with E-state index in [0.717, 1.165) is 6.42 Å². The number of nitrogens with zero attached hydrogens (tertiary/aromatic N) is 2. The Morgan fingerprint density at radius 3 is 2.07 bits per heavy atom.